The quantitative estimate of drug-likeness (QED) is 0.592. The zero-order valence-electron chi connectivity index (χ0n) is 10.5. The van der Waals surface area contributed by atoms with Crippen molar-refractivity contribution < 1.29 is 19.5 Å². The van der Waals surface area contributed by atoms with Crippen LogP contribution >= 0.6 is 31.9 Å². The number of ether oxygens (including phenoxy) is 1. The van der Waals surface area contributed by atoms with Crippen molar-refractivity contribution in [2.45, 2.75) is 12.5 Å². The number of nitrogens with zero attached hydrogens (tertiary/aromatic N) is 1. The van der Waals surface area contributed by atoms with Gasteiger partial charge < -0.3 is 9.64 Å². The van der Waals surface area contributed by atoms with E-state index in [1.807, 2.05) is 0 Å². The molecule has 1 heterocycles. The minimum Gasteiger partial charge on any atom is -0.494 e. The summed E-state index contributed by atoms with van der Waals surface area (Å²) in [5.74, 6) is -0.250. The van der Waals surface area contributed by atoms with E-state index in [1.165, 1.54) is 12.0 Å². The Kier molecular flexibility index (Phi) is 4.66. The van der Waals surface area contributed by atoms with Crippen LogP contribution < -0.4 is 10.2 Å². The number of amides is 2. The second-order valence-corrected chi connectivity index (χ2v) is 5.96. The molecule has 2 amide bonds. The van der Waals surface area contributed by atoms with Crippen LogP contribution in [0.25, 0.3) is 0 Å². The Balaban J connectivity index is 2.24. The topological polar surface area (TPSA) is 78.9 Å². The highest BCUT2D eigenvalue weighted by Crippen LogP contribution is 2.35. The molecule has 0 unspecified atom stereocenters. The molecule has 6 nitrogen and oxygen atoms in total. The maximum Gasteiger partial charge on any atom is 0.266 e. The normalized spacial score (nSPS) is 17.4. The summed E-state index contributed by atoms with van der Waals surface area (Å²) in [4.78, 5) is 25.1. The first-order valence-corrected chi connectivity index (χ1v) is 7.36. The first kappa shape index (κ1) is 15.3. The van der Waals surface area contributed by atoms with E-state index in [1.54, 1.807) is 17.6 Å². The van der Waals surface area contributed by atoms with Gasteiger partial charge in [0.15, 0.2) is 0 Å². The molecule has 0 radical (unpaired) electrons. The molecule has 1 atom stereocenters. The molecule has 1 aromatic rings. The van der Waals surface area contributed by atoms with Gasteiger partial charge in [-0.05, 0) is 50.4 Å². The van der Waals surface area contributed by atoms with Crippen molar-refractivity contribution in [3.63, 3.8) is 0 Å². The summed E-state index contributed by atoms with van der Waals surface area (Å²) < 4.78 is 6.45. The van der Waals surface area contributed by atoms with Gasteiger partial charge in [0.2, 0.25) is 0 Å². The van der Waals surface area contributed by atoms with E-state index >= 15 is 0 Å². The lowest BCUT2D eigenvalue weighted by atomic mass is 10.0. The van der Waals surface area contributed by atoms with E-state index in [4.69, 9.17) is 9.94 Å². The zero-order chi connectivity index (χ0) is 14.9. The van der Waals surface area contributed by atoms with Crippen LogP contribution in [0.15, 0.2) is 21.1 Å². The Labute approximate surface area is 132 Å². The zero-order valence-corrected chi connectivity index (χ0v) is 13.7. The maximum absolute atomic E-state index is 12.3. The minimum atomic E-state index is -0.618. The molecule has 0 saturated carbocycles. The standard InChI is InChI=1S/C12H12Br2N2O4/c1-20-10-7(13)4-6(5-8(10)14)12(18)16-3-2-9(16)11(17)15-19/h4-5,9,19H,2-3H2,1H3,(H,15,17)/t9-/m1/s1. The molecule has 0 aromatic heterocycles. The molecule has 1 aliphatic rings. The first-order chi connectivity index (χ1) is 9.49. The van der Waals surface area contributed by atoms with Gasteiger partial charge in [-0.1, -0.05) is 0 Å². The Hall–Kier alpha value is -1.12. The number of rotatable bonds is 3. The van der Waals surface area contributed by atoms with Gasteiger partial charge in [0.25, 0.3) is 11.8 Å². The second kappa shape index (κ2) is 6.11. The Morgan fingerprint density at radius 2 is 2.00 bits per heavy atom. The highest BCUT2D eigenvalue weighted by Gasteiger charge is 2.38. The number of hydroxylamine groups is 1. The molecule has 2 N–H and O–H groups in total. The van der Waals surface area contributed by atoms with Crippen LogP contribution in [0.4, 0.5) is 0 Å². The van der Waals surface area contributed by atoms with Gasteiger partial charge in [-0.3, -0.25) is 14.8 Å². The summed E-state index contributed by atoms with van der Waals surface area (Å²) in [6.07, 6.45) is 0.538. The van der Waals surface area contributed by atoms with E-state index in [2.05, 4.69) is 31.9 Å². The highest BCUT2D eigenvalue weighted by molar-refractivity contribution is 9.11. The molecule has 8 heteroatoms. The lowest BCUT2D eigenvalue weighted by Crippen LogP contribution is -2.57. The average molecular weight is 408 g/mol. The molecule has 1 aliphatic heterocycles. The fraction of sp³-hybridized carbons (Fsp3) is 0.333. The molecular weight excluding hydrogens is 396 g/mol. The number of methoxy groups -OCH3 is 1. The number of likely N-dealkylation sites (tertiary alicyclic amines) is 1. The van der Waals surface area contributed by atoms with Crippen molar-refractivity contribution in [3.8, 4) is 5.75 Å². The molecule has 1 saturated heterocycles. The SMILES string of the molecule is COc1c(Br)cc(C(=O)N2CC[C@@H]2C(=O)NO)cc1Br. The van der Waals surface area contributed by atoms with E-state index in [-0.39, 0.29) is 5.91 Å². The largest absolute Gasteiger partial charge is 0.494 e. The first-order valence-electron chi connectivity index (χ1n) is 5.77. The number of carbonyl (C=O) groups excluding carboxylic acids is 2. The Morgan fingerprint density at radius 1 is 1.40 bits per heavy atom. The number of benzene rings is 1. The molecule has 1 aromatic carbocycles. The number of hydrogen-bond donors (Lipinski definition) is 2. The van der Waals surface area contributed by atoms with Gasteiger partial charge >= 0.3 is 0 Å². The van der Waals surface area contributed by atoms with Crippen molar-refractivity contribution in [1.29, 1.82) is 0 Å². The predicted octanol–water partition coefficient (Wildman–Crippen LogP) is 1.94. The smallest absolute Gasteiger partial charge is 0.266 e. The second-order valence-electron chi connectivity index (χ2n) is 4.25. The van der Waals surface area contributed by atoms with Crippen LogP contribution in [0, 0.1) is 0 Å². The summed E-state index contributed by atoms with van der Waals surface area (Å²) in [5.41, 5.74) is 2.00. The van der Waals surface area contributed by atoms with Crippen LogP contribution in [-0.2, 0) is 4.79 Å². The van der Waals surface area contributed by atoms with Crippen molar-refractivity contribution in [1.82, 2.24) is 10.4 Å². The van der Waals surface area contributed by atoms with Gasteiger partial charge in [0, 0.05) is 12.1 Å². The number of carbonyl (C=O) groups is 2. The molecule has 0 spiro atoms. The monoisotopic (exact) mass is 406 g/mol. The molecule has 2 rings (SSSR count). The molecule has 0 aliphatic carbocycles. The molecule has 1 fully saturated rings. The van der Waals surface area contributed by atoms with Gasteiger partial charge in [0.1, 0.15) is 11.8 Å². The van der Waals surface area contributed by atoms with Gasteiger partial charge in [-0.25, -0.2) is 5.48 Å². The van der Waals surface area contributed by atoms with Crippen LogP contribution in [-0.4, -0.2) is 41.6 Å². The number of hydrogen-bond acceptors (Lipinski definition) is 4. The van der Waals surface area contributed by atoms with Crippen molar-refractivity contribution in [3.05, 3.63) is 26.6 Å². The molecule has 0 bridgehead atoms. The van der Waals surface area contributed by atoms with E-state index < -0.39 is 11.9 Å². The van der Waals surface area contributed by atoms with E-state index in [0.717, 1.165) is 0 Å². The van der Waals surface area contributed by atoms with Crippen LogP contribution in [0.3, 0.4) is 0 Å². The van der Waals surface area contributed by atoms with Crippen molar-refractivity contribution >= 4 is 43.7 Å². The van der Waals surface area contributed by atoms with E-state index in [0.29, 0.717) is 33.2 Å². The Bertz CT molecular complexity index is 541. The predicted molar refractivity (Wildman–Crippen MR) is 77.8 cm³/mol. The van der Waals surface area contributed by atoms with Gasteiger partial charge in [-0.2, -0.15) is 0 Å². The Morgan fingerprint density at radius 3 is 2.40 bits per heavy atom. The summed E-state index contributed by atoms with van der Waals surface area (Å²) in [5, 5.41) is 8.63. The summed E-state index contributed by atoms with van der Waals surface area (Å²) >= 11 is 6.66. The molecule has 108 valence electrons. The third-order valence-corrected chi connectivity index (χ3v) is 4.32. The third-order valence-electron chi connectivity index (χ3n) is 3.14. The maximum atomic E-state index is 12.3. The summed E-state index contributed by atoms with van der Waals surface area (Å²) in [6, 6.07) is 2.66. The van der Waals surface area contributed by atoms with E-state index in [9.17, 15) is 9.59 Å². The highest BCUT2D eigenvalue weighted by atomic mass is 79.9. The summed E-state index contributed by atoms with van der Waals surface area (Å²) in [7, 11) is 1.53. The van der Waals surface area contributed by atoms with Crippen molar-refractivity contribution in [2.24, 2.45) is 0 Å². The minimum absolute atomic E-state index is 0.270. The lowest BCUT2D eigenvalue weighted by Gasteiger charge is -2.39. The van der Waals surface area contributed by atoms with Gasteiger partial charge in [0.05, 0.1) is 16.1 Å². The van der Waals surface area contributed by atoms with Crippen LogP contribution in [0.5, 0.6) is 5.75 Å². The van der Waals surface area contributed by atoms with Crippen LogP contribution in [0.2, 0.25) is 0 Å². The molecular formula is C12H12Br2N2O4. The average Bonchev–Trinajstić information content (AvgIpc) is 2.36. The van der Waals surface area contributed by atoms with Crippen LogP contribution in [0.1, 0.15) is 16.8 Å². The van der Waals surface area contributed by atoms with Crippen molar-refractivity contribution in [2.75, 3.05) is 13.7 Å². The lowest BCUT2D eigenvalue weighted by molar-refractivity contribution is -0.137. The summed E-state index contributed by atoms with van der Waals surface area (Å²) in [6.45, 7) is 0.484. The fourth-order valence-corrected chi connectivity index (χ4v) is 3.53. The molecule has 20 heavy (non-hydrogen) atoms. The third kappa shape index (κ3) is 2.68. The fourth-order valence-electron chi connectivity index (χ4n) is 2.02. The van der Waals surface area contributed by atoms with Gasteiger partial charge in [-0.15, -0.1) is 0 Å². The number of halogens is 2. The number of nitrogens with one attached hydrogen (secondary N) is 1.